The fourth-order valence-corrected chi connectivity index (χ4v) is 5.95. The molecule has 4 aromatic rings. The number of fused-ring (bicyclic) bond motifs is 2. The second kappa shape index (κ2) is 13.0. The highest BCUT2D eigenvalue weighted by Crippen LogP contribution is 2.34. The van der Waals surface area contributed by atoms with Crippen molar-refractivity contribution in [2.24, 2.45) is 11.4 Å². The maximum absolute atomic E-state index is 12.8. The predicted molar refractivity (Wildman–Crippen MR) is 181 cm³/mol. The summed E-state index contributed by atoms with van der Waals surface area (Å²) in [5.41, 5.74) is 4.48. The van der Waals surface area contributed by atoms with Crippen LogP contribution in [0.3, 0.4) is 0 Å². The van der Waals surface area contributed by atoms with Gasteiger partial charge in [0, 0.05) is 27.1 Å². The van der Waals surface area contributed by atoms with Crippen LogP contribution in [0.15, 0.2) is 34.7 Å². The van der Waals surface area contributed by atoms with E-state index < -0.39 is 30.2 Å². The Hall–Kier alpha value is -3.19. The van der Waals surface area contributed by atoms with E-state index in [1.807, 2.05) is 75.9 Å². The maximum Gasteiger partial charge on any atom is 0.338 e. The van der Waals surface area contributed by atoms with Crippen LogP contribution in [0.1, 0.15) is 57.6 Å². The summed E-state index contributed by atoms with van der Waals surface area (Å²) in [6, 6.07) is 10.4. The van der Waals surface area contributed by atoms with Crippen LogP contribution in [0.5, 0.6) is 5.75 Å². The molecule has 1 unspecified atom stereocenters. The van der Waals surface area contributed by atoms with Gasteiger partial charge in [0.1, 0.15) is 45.5 Å². The number of rotatable bonds is 11. The predicted octanol–water partition coefficient (Wildman–Crippen LogP) is 6.75. The Morgan fingerprint density at radius 1 is 1.14 bits per heavy atom. The third-order valence-corrected chi connectivity index (χ3v) is 10.2. The van der Waals surface area contributed by atoms with Crippen molar-refractivity contribution in [1.29, 1.82) is 0 Å². The van der Waals surface area contributed by atoms with Gasteiger partial charge in [-0.2, -0.15) is 0 Å². The highest BCUT2D eigenvalue weighted by atomic mass is 32.2. The molecule has 0 bridgehead atoms. The summed E-state index contributed by atoms with van der Waals surface area (Å²) in [6.45, 7) is 19.0. The Morgan fingerprint density at radius 2 is 1.84 bits per heavy atom. The summed E-state index contributed by atoms with van der Waals surface area (Å²) in [6.07, 6.45) is -0.250. The van der Waals surface area contributed by atoms with Gasteiger partial charge in [-0.05, 0) is 77.9 Å². The molecule has 12 heteroatoms. The number of carbonyl (C=O) groups excluding carboxylic acids is 1. The van der Waals surface area contributed by atoms with Crippen molar-refractivity contribution >= 4 is 53.2 Å². The Morgan fingerprint density at radius 3 is 2.45 bits per heavy atom. The number of hydrogen-bond donors (Lipinski definition) is 0. The summed E-state index contributed by atoms with van der Waals surface area (Å²) in [7, 11) is 2.20. The van der Waals surface area contributed by atoms with Gasteiger partial charge in [0.2, 0.25) is 0 Å². The monoisotopic (exact) mass is 639 g/mol. The van der Waals surface area contributed by atoms with Gasteiger partial charge in [0.15, 0.2) is 5.82 Å². The number of esters is 1. The average molecular weight is 640 g/mol. The smallest absolute Gasteiger partial charge is 0.338 e. The fraction of sp³-hybridized carbons (Fsp3) is 0.500. The Balaban J connectivity index is 1.86. The Kier molecular flexibility index (Phi) is 9.98. The largest absolute Gasteiger partial charge is 0.591 e. The van der Waals surface area contributed by atoms with Gasteiger partial charge in [-0.3, -0.25) is 4.57 Å². The molecular weight excluding hydrogens is 595 g/mol. The number of imidazole rings is 1. The van der Waals surface area contributed by atoms with Crippen molar-refractivity contribution in [2.45, 2.75) is 84.8 Å². The minimum absolute atomic E-state index is 0.250. The summed E-state index contributed by atoms with van der Waals surface area (Å²) < 4.78 is 38.1. The SMILES string of the molecule is COc1cc(C(=O)OC(C)C)cc2nc(-c3cc4ccc(C(C)=N[S+]([O-])C(C)(C)C)nc4n3COCC[Si](C)(C)C)n(C)c12. The number of nitrogens with zero attached hydrogens (tertiary/aromatic N) is 5. The Bertz CT molecular complexity index is 1700. The lowest BCUT2D eigenvalue weighted by atomic mass is 10.2. The van der Waals surface area contributed by atoms with Crippen LogP contribution in [0.4, 0.5) is 0 Å². The molecule has 1 atom stereocenters. The topological polar surface area (TPSA) is 116 Å². The molecule has 0 amide bonds. The first-order chi connectivity index (χ1) is 20.5. The van der Waals surface area contributed by atoms with Crippen LogP contribution >= 0.6 is 0 Å². The lowest BCUT2D eigenvalue weighted by molar-refractivity contribution is 0.0377. The Labute approximate surface area is 264 Å². The van der Waals surface area contributed by atoms with Gasteiger partial charge in [-0.25, -0.2) is 14.8 Å². The molecule has 0 saturated heterocycles. The molecule has 4 rings (SSSR count). The zero-order chi connectivity index (χ0) is 32.6. The molecule has 0 aliphatic heterocycles. The second-order valence-electron chi connectivity index (χ2n) is 13.4. The summed E-state index contributed by atoms with van der Waals surface area (Å²) in [5, 5.41) is 0.905. The molecule has 238 valence electrons. The van der Waals surface area contributed by atoms with Crippen molar-refractivity contribution in [1.82, 2.24) is 19.1 Å². The molecule has 0 fully saturated rings. The first-order valence-corrected chi connectivity index (χ1v) is 19.6. The number of hydrogen-bond acceptors (Lipinski definition) is 8. The second-order valence-corrected chi connectivity index (χ2v) is 21.0. The van der Waals surface area contributed by atoms with E-state index in [4.69, 9.17) is 24.2 Å². The van der Waals surface area contributed by atoms with Crippen molar-refractivity contribution in [3.8, 4) is 17.3 Å². The van der Waals surface area contributed by atoms with Crippen LogP contribution in [0.2, 0.25) is 25.7 Å². The quantitative estimate of drug-likeness (QED) is 0.0586. The van der Waals surface area contributed by atoms with Gasteiger partial charge in [0.05, 0.1) is 35.7 Å². The molecule has 0 aliphatic rings. The van der Waals surface area contributed by atoms with E-state index in [9.17, 15) is 9.35 Å². The number of aryl methyl sites for hydroxylation is 1. The van der Waals surface area contributed by atoms with Gasteiger partial charge < -0.3 is 23.3 Å². The number of benzene rings is 1. The van der Waals surface area contributed by atoms with Crippen molar-refractivity contribution in [3.05, 3.63) is 41.6 Å². The van der Waals surface area contributed by atoms with E-state index in [0.717, 1.165) is 22.6 Å². The van der Waals surface area contributed by atoms with Crippen molar-refractivity contribution < 1.29 is 23.6 Å². The fourth-order valence-electron chi connectivity index (χ4n) is 4.58. The normalized spacial score (nSPS) is 13.7. The lowest BCUT2D eigenvalue weighted by Gasteiger charge is -2.18. The van der Waals surface area contributed by atoms with Crippen molar-refractivity contribution in [2.75, 3.05) is 13.7 Å². The minimum Gasteiger partial charge on any atom is -0.591 e. The summed E-state index contributed by atoms with van der Waals surface area (Å²) in [5.74, 6) is 0.756. The first kappa shape index (κ1) is 33.7. The summed E-state index contributed by atoms with van der Waals surface area (Å²) in [4.78, 5) is 22.7. The molecule has 3 aromatic heterocycles. The molecule has 10 nitrogen and oxygen atoms in total. The van der Waals surface area contributed by atoms with Gasteiger partial charge in [0.25, 0.3) is 0 Å². The van der Waals surface area contributed by atoms with Crippen LogP contribution < -0.4 is 4.74 Å². The van der Waals surface area contributed by atoms with Gasteiger partial charge >= 0.3 is 5.97 Å². The minimum atomic E-state index is -1.41. The molecular formula is C32H45N5O5SSi. The standard InChI is InChI=1S/C32H45N5O5SSi/c1-20(2)42-31(38)23-16-25-28(27(18-23)40-8)36(7)30(34-25)26-17-22-12-13-24(21(3)35-43(39)32(4,5)6)33-29(22)37(26)19-41-14-15-44(9,10)11/h12-13,16-18,20H,14-15,19H2,1-11H3. The van der Waals surface area contributed by atoms with E-state index in [1.165, 1.54) is 0 Å². The number of pyridine rings is 1. The van der Waals surface area contributed by atoms with Crippen molar-refractivity contribution in [3.63, 3.8) is 0 Å². The average Bonchev–Trinajstić information content (AvgIpc) is 3.45. The van der Waals surface area contributed by atoms with E-state index in [0.29, 0.717) is 46.3 Å². The molecule has 1 aromatic carbocycles. The van der Waals surface area contributed by atoms with Gasteiger partial charge in [-0.1, -0.05) is 24.0 Å². The number of aromatic nitrogens is 4. The van der Waals surface area contributed by atoms with E-state index in [1.54, 1.807) is 19.2 Å². The molecule has 3 heterocycles. The first-order valence-electron chi connectivity index (χ1n) is 14.8. The lowest BCUT2D eigenvalue weighted by Crippen LogP contribution is -2.26. The van der Waals surface area contributed by atoms with Crippen LogP contribution in [-0.2, 0) is 34.6 Å². The molecule has 0 radical (unpaired) electrons. The summed E-state index contributed by atoms with van der Waals surface area (Å²) >= 11 is -1.41. The van der Waals surface area contributed by atoms with Gasteiger partial charge in [-0.15, -0.1) is 0 Å². The third kappa shape index (κ3) is 7.53. The van der Waals surface area contributed by atoms with Crippen LogP contribution in [-0.4, -0.2) is 68.0 Å². The molecule has 0 aliphatic carbocycles. The molecule has 0 spiro atoms. The number of methoxy groups -OCH3 is 1. The number of ether oxygens (including phenoxy) is 3. The zero-order valence-corrected chi connectivity index (χ0v) is 29.6. The third-order valence-electron chi connectivity index (χ3n) is 7.04. The number of carbonyl (C=O) groups is 1. The maximum atomic E-state index is 12.8. The van der Waals surface area contributed by atoms with Crippen LogP contribution in [0, 0.1) is 0 Å². The molecule has 44 heavy (non-hydrogen) atoms. The highest BCUT2D eigenvalue weighted by Gasteiger charge is 2.27. The highest BCUT2D eigenvalue weighted by molar-refractivity contribution is 7.91. The molecule has 0 saturated carbocycles. The van der Waals surface area contributed by atoms with E-state index in [2.05, 4.69) is 24.0 Å². The van der Waals surface area contributed by atoms with E-state index in [-0.39, 0.29) is 12.8 Å². The zero-order valence-electron chi connectivity index (χ0n) is 27.8. The van der Waals surface area contributed by atoms with E-state index >= 15 is 0 Å². The molecule has 0 N–H and O–H groups in total. The van der Waals surface area contributed by atoms with Crippen LogP contribution in [0.25, 0.3) is 33.6 Å².